The second-order valence-corrected chi connectivity index (χ2v) is 7.70. The molecule has 0 spiro atoms. The van der Waals surface area contributed by atoms with Crippen molar-refractivity contribution in [3.63, 3.8) is 0 Å². The van der Waals surface area contributed by atoms with E-state index in [1.54, 1.807) is 36.4 Å². The fourth-order valence-corrected chi connectivity index (χ4v) is 3.51. The molecule has 3 rings (SSSR count). The summed E-state index contributed by atoms with van der Waals surface area (Å²) in [5.41, 5.74) is 8.99. The van der Waals surface area contributed by atoms with Crippen molar-refractivity contribution in [3.8, 4) is 5.75 Å². The van der Waals surface area contributed by atoms with E-state index < -0.39 is 5.97 Å². The Bertz CT molecular complexity index is 960. The molecular formula is C24H30ClN3O4. The van der Waals surface area contributed by atoms with Crippen LogP contribution >= 0.6 is 12.4 Å². The molecule has 1 heterocycles. The number of anilines is 1. The minimum Gasteiger partial charge on any atom is -0.490 e. The zero-order chi connectivity index (χ0) is 22.2. The smallest absolute Gasteiger partial charge is 0.307 e. The number of carboxylic acid groups (broad SMARTS) is 1. The van der Waals surface area contributed by atoms with Gasteiger partial charge in [0.25, 0.3) is 5.91 Å². The molecule has 32 heavy (non-hydrogen) atoms. The van der Waals surface area contributed by atoms with E-state index in [1.807, 2.05) is 6.07 Å². The summed E-state index contributed by atoms with van der Waals surface area (Å²) < 4.78 is 5.75. The van der Waals surface area contributed by atoms with Crippen molar-refractivity contribution in [2.24, 2.45) is 10.7 Å². The second kappa shape index (κ2) is 12.1. The van der Waals surface area contributed by atoms with Crippen molar-refractivity contribution in [1.29, 1.82) is 0 Å². The summed E-state index contributed by atoms with van der Waals surface area (Å²) >= 11 is 0. The Kier molecular flexibility index (Phi) is 9.53. The van der Waals surface area contributed by atoms with E-state index in [1.165, 1.54) is 0 Å². The van der Waals surface area contributed by atoms with Gasteiger partial charge in [0.15, 0.2) is 0 Å². The number of ether oxygens (including phenoxy) is 1. The van der Waals surface area contributed by atoms with E-state index in [2.05, 4.69) is 17.2 Å². The van der Waals surface area contributed by atoms with Gasteiger partial charge in [-0.05, 0) is 55.2 Å². The molecule has 2 aromatic carbocycles. The van der Waals surface area contributed by atoms with E-state index in [-0.39, 0.29) is 30.8 Å². The third kappa shape index (κ3) is 6.99. The molecule has 7 nitrogen and oxygen atoms in total. The Hall–Kier alpha value is -3.06. The number of benzene rings is 2. The van der Waals surface area contributed by atoms with E-state index in [0.717, 1.165) is 30.4 Å². The van der Waals surface area contributed by atoms with Gasteiger partial charge < -0.3 is 20.9 Å². The van der Waals surface area contributed by atoms with Gasteiger partial charge in [-0.1, -0.05) is 31.9 Å². The standard InChI is InChI=1S/C24H29N3O4.ClH/c1-2-3-4-13-26-23(25)16-5-7-17(8-6-16)24(30)27-19-10-12-21-18(14-19)9-11-20(31-21)15-22(28)29;/h5-8,10,12,14,20H,2-4,9,11,13,15H2,1H3,(H2,25,26)(H,27,30)(H,28,29);1H. The average molecular weight is 460 g/mol. The van der Waals surface area contributed by atoms with Crippen LogP contribution in [0.1, 0.15) is 60.5 Å². The normalized spacial score (nSPS) is 15.2. The third-order valence-corrected chi connectivity index (χ3v) is 5.24. The van der Waals surface area contributed by atoms with Crippen molar-refractivity contribution < 1.29 is 19.4 Å². The van der Waals surface area contributed by atoms with Gasteiger partial charge in [0.2, 0.25) is 0 Å². The number of amidine groups is 1. The van der Waals surface area contributed by atoms with E-state index in [9.17, 15) is 9.59 Å². The maximum absolute atomic E-state index is 12.6. The van der Waals surface area contributed by atoms with Crippen molar-refractivity contribution in [3.05, 3.63) is 59.2 Å². The first-order chi connectivity index (χ1) is 15.0. The van der Waals surface area contributed by atoms with E-state index in [4.69, 9.17) is 15.6 Å². The third-order valence-electron chi connectivity index (χ3n) is 5.24. The number of hydrogen-bond acceptors (Lipinski definition) is 4. The molecule has 172 valence electrons. The zero-order valence-corrected chi connectivity index (χ0v) is 19.0. The molecule has 2 aromatic rings. The van der Waals surface area contributed by atoms with E-state index >= 15 is 0 Å². The molecule has 1 amide bonds. The van der Waals surface area contributed by atoms with Gasteiger partial charge in [-0.2, -0.15) is 0 Å². The van der Waals surface area contributed by atoms with E-state index in [0.29, 0.717) is 42.2 Å². The number of rotatable bonds is 9. The molecule has 0 saturated carbocycles. The maximum atomic E-state index is 12.6. The molecule has 1 aliphatic rings. The molecule has 0 radical (unpaired) electrons. The van der Waals surface area contributed by atoms with Crippen LogP contribution in [-0.2, 0) is 11.2 Å². The SMILES string of the molecule is CCCCCN=C(N)c1ccc(C(=O)Nc2ccc3c(c2)CCC(CC(=O)O)O3)cc1.Cl. The van der Waals surface area contributed by atoms with Gasteiger partial charge in [-0.15, -0.1) is 12.4 Å². The molecular weight excluding hydrogens is 430 g/mol. The summed E-state index contributed by atoms with van der Waals surface area (Å²) in [6.07, 6.45) is 4.31. The Morgan fingerprint density at radius 3 is 2.56 bits per heavy atom. The van der Waals surface area contributed by atoms with Gasteiger partial charge in [0.05, 0.1) is 6.42 Å². The number of hydrogen-bond donors (Lipinski definition) is 3. The number of carbonyl (C=O) groups excluding carboxylic acids is 1. The molecule has 0 bridgehead atoms. The first kappa shape index (κ1) is 25.2. The highest BCUT2D eigenvalue weighted by Crippen LogP contribution is 2.31. The van der Waals surface area contributed by atoms with Gasteiger partial charge in [0, 0.05) is 23.4 Å². The number of carbonyl (C=O) groups is 2. The number of carboxylic acids is 1. The highest BCUT2D eigenvalue weighted by molar-refractivity contribution is 6.05. The number of fused-ring (bicyclic) bond motifs is 1. The lowest BCUT2D eigenvalue weighted by atomic mass is 10.00. The molecule has 1 unspecified atom stereocenters. The van der Waals surface area contributed by atoms with Crippen LogP contribution in [0.5, 0.6) is 5.75 Å². The number of amides is 1. The molecule has 0 fully saturated rings. The number of unbranched alkanes of at least 4 members (excludes halogenated alkanes) is 2. The summed E-state index contributed by atoms with van der Waals surface area (Å²) in [6.45, 7) is 2.85. The Morgan fingerprint density at radius 1 is 1.16 bits per heavy atom. The second-order valence-electron chi connectivity index (χ2n) is 7.70. The Labute approximate surface area is 194 Å². The highest BCUT2D eigenvalue weighted by Gasteiger charge is 2.22. The fraction of sp³-hybridized carbons (Fsp3) is 0.375. The average Bonchev–Trinajstić information content (AvgIpc) is 2.76. The van der Waals surface area contributed by atoms with Crippen molar-refractivity contribution >= 4 is 35.8 Å². The van der Waals surface area contributed by atoms with Crippen LogP contribution in [-0.4, -0.2) is 35.5 Å². The van der Waals surface area contributed by atoms with Gasteiger partial charge in [-0.3, -0.25) is 14.6 Å². The predicted molar refractivity (Wildman–Crippen MR) is 128 cm³/mol. The molecule has 0 aromatic heterocycles. The van der Waals surface area contributed by atoms with Crippen LogP contribution < -0.4 is 15.8 Å². The molecule has 1 atom stereocenters. The number of nitrogens with zero attached hydrogens (tertiary/aromatic N) is 1. The maximum Gasteiger partial charge on any atom is 0.307 e. The molecule has 0 aliphatic carbocycles. The summed E-state index contributed by atoms with van der Waals surface area (Å²) in [5.74, 6) is 0.0748. The Balaban J connectivity index is 0.00000363. The summed E-state index contributed by atoms with van der Waals surface area (Å²) in [5, 5.41) is 11.8. The number of aliphatic carboxylic acids is 1. The minimum atomic E-state index is -0.868. The van der Waals surface area contributed by atoms with Crippen LogP contribution in [0.4, 0.5) is 5.69 Å². The first-order valence-electron chi connectivity index (χ1n) is 10.7. The summed E-state index contributed by atoms with van der Waals surface area (Å²) in [7, 11) is 0. The molecule has 1 aliphatic heterocycles. The number of nitrogens with two attached hydrogens (primary N) is 1. The number of aliphatic imine (C=N–C) groups is 1. The van der Waals surface area contributed by atoms with Crippen LogP contribution in [0.15, 0.2) is 47.5 Å². The fourth-order valence-electron chi connectivity index (χ4n) is 3.51. The van der Waals surface area contributed by atoms with Crippen LogP contribution in [0.25, 0.3) is 0 Å². The van der Waals surface area contributed by atoms with Crippen LogP contribution in [0, 0.1) is 0 Å². The van der Waals surface area contributed by atoms with Crippen molar-refractivity contribution in [2.45, 2.75) is 51.6 Å². The van der Waals surface area contributed by atoms with Gasteiger partial charge >= 0.3 is 5.97 Å². The van der Waals surface area contributed by atoms with Crippen LogP contribution in [0.3, 0.4) is 0 Å². The zero-order valence-electron chi connectivity index (χ0n) is 18.2. The Morgan fingerprint density at radius 2 is 1.88 bits per heavy atom. The largest absolute Gasteiger partial charge is 0.490 e. The van der Waals surface area contributed by atoms with Crippen molar-refractivity contribution in [2.75, 3.05) is 11.9 Å². The minimum absolute atomic E-state index is 0. The lowest BCUT2D eigenvalue weighted by Gasteiger charge is -2.25. The monoisotopic (exact) mass is 459 g/mol. The number of aryl methyl sites for hydroxylation is 1. The molecule has 8 heteroatoms. The lowest BCUT2D eigenvalue weighted by molar-refractivity contribution is -0.139. The topological polar surface area (TPSA) is 114 Å². The van der Waals surface area contributed by atoms with Crippen molar-refractivity contribution in [1.82, 2.24) is 0 Å². The predicted octanol–water partition coefficient (Wildman–Crippen LogP) is 4.42. The quantitative estimate of drug-likeness (QED) is 0.291. The summed E-state index contributed by atoms with van der Waals surface area (Å²) in [4.78, 5) is 27.9. The first-order valence-corrected chi connectivity index (χ1v) is 10.7. The van der Waals surface area contributed by atoms with Gasteiger partial charge in [0.1, 0.15) is 17.7 Å². The van der Waals surface area contributed by atoms with Gasteiger partial charge in [-0.25, -0.2) is 0 Å². The lowest BCUT2D eigenvalue weighted by Crippen LogP contribution is -2.25. The molecule has 0 saturated heterocycles. The highest BCUT2D eigenvalue weighted by atomic mass is 35.5. The molecule has 4 N–H and O–H groups in total. The summed E-state index contributed by atoms with van der Waals surface area (Å²) in [6, 6.07) is 12.5. The number of nitrogens with one attached hydrogen (secondary N) is 1. The number of halogens is 1. The van der Waals surface area contributed by atoms with Crippen LogP contribution in [0.2, 0.25) is 0 Å².